The van der Waals surface area contributed by atoms with Crippen LogP contribution in [0.25, 0.3) is 11.4 Å². The summed E-state index contributed by atoms with van der Waals surface area (Å²) in [7, 11) is 1.78. The van der Waals surface area contributed by atoms with E-state index in [0.29, 0.717) is 31.1 Å². The molecule has 2 heterocycles. The third-order valence-corrected chi connectivity index (χ3v) is 5.26. The average Bonchev–Trinajstić information content (AvgIpc) is 3.17. The molecule has 1 aliphatic rings. The Kier molecular flexibility index (Phi) is 7.32. The third-order valence-electron chi connectivity index (χ3n) is 5.26. The largest absolute Gasteiger partial charge is 0.444 e. The van der Waals surface area contributed by atoms with Gasteiger partial charge < -0.3 is 20.3 Å². The zero-order valence-corrected chi connectivity index (χ0v) is 19.5. The van der Waals surface area contributed by atoms with Gasteiger partial charge in [-0.3, -0.25) is 0 Å². The summed E-state index contributed by atoms with van der Waals surface area (Å²) in [6.45, 7) is 9.37. The van der Waals surface area contributed by atoms with Gasteiger partial charge in [-0.25, -0.2) is 14.3 Å². The molecule has 1 aromatic heterocycles. The van der Waals surface area contributed by atoms with Gasteiger partial charge in [-0.05, 0) is 80.1 Å². The molecule has 3 amide bonds. The number of rotatable bonds is 5. The van der Waals surface area contributed by atoms with E-state index in [4.69, 9.17) is 4.74 Å². The van der Waals surface area contributed by atoms with Gasteiger partial charge in [-0.1, -0.05) is 6.92 Å². The van der Waals surface area contributed by atoms with Gasteiger partial charge in [-0.2, -0.15) is 0 Å². The van der Waals surface area contributed by atoms with E-state index in [1.54, 1.807) is 16.6 Å². The minimum Gasteiger partial charge on any atom is -0.444 e. The number of benzene rings is 1. The van der Waals surface area contributed by atoms with Crippen LogP contribution in [0.4, 0.5) is 15.3 Å². The Morgan fingerprint density at radius 2 is 2.03 bits per heavy atom. The summed E-state index contributed by atoms with van der Waals surface area (Å²) in [4.78, 5) is 26.6. The fourth-order valence-corrected chi connectivity index (χ4v) is 3.71. The molecule has 174 valence electrons. The summed E-state index contributed by atoms with van der Waals surface area (Å²) in [5.41, 5.74) is 2.07. The van der Waals surface area contributed by atoms with Crippen LogP contribution in [-0.4, -0.2) is 62.5 Å². The van der Waals surface area contributed by atoms with Gasteiger partial charge in [0.1, 0.15) is 5.60 Å². The summed E-state index contributed by atoms with van der Waals surface area (Å²) < 4.78 is 7.07. The zero-order chi connectivity index (χ0) is 23.3. The van der Waals surface area contributed by atoms with Crippen molar-refractivity contribution < 1.29 is 14.3 Å². The quantitative estimate of drug-likeness (QED) is 0.733. The number of carbonyl (C=O) groups excluding carboxylic acids is 2. The molecule has 0 saturated carbocycles. The van der Waals surface area contributed by atoms with Crippen LogP contribution in [0.15, 0.2) is 18.2 Å². The predicted molar refractivity (Wildman–Crippen MR) is 121 cm³/mol. The number of likely N-dealkylation sites (tertiary alicyclic amines) is 1. The van der Waals surface area contributed by atoms with E-state index < -0.39 is 5.60 Å². The van der Waals surface area contributed by atoms with Crippen LogP contribution >= 0.6 is 0 Å². The van der Waals surface area contributed by atoms with Gasteiger partial charge in [0.15, 0.2) is 5.82 Å². The fourth-order valence-electron chi connectivity index (χ4n) is 3.71. The van der Waals surface area contributed by atoms with E-state index >= 15 is 0 Å². The van der Waals surface area contributed by atoms with Crippen LogP contribution in [-0.2, 0) is 18.2 Å². The summed E-state index contributed by atoms with van der Waals surface area (Å²) in [6.07, 6.45) is 2.36. The van der Waals surface area contributed by atoms with E-state index in [-0.39, 0.29) is 18.0 Å². The second-order valence-corrected chi connectivity index (χ2v) is 9.17. The Bertz CT molecular complexity index is 951. The van der Waals surface area contributed by atoms with Crippen molar-refractivity contribution in [1.82, 2.24) is 30.4 Å². The van der Waals surface area contributed by atoms with E-state index in [1.807, 2.05) is 39.0 Å². The average molecular weight is 444 g/mol. The molecular formula is C22H33N7O3. The van der Waals surface area contributed by atoms with Crippen LogP contribution in [0.5, 0.6) is 0 Å². The van der Waals surface area contributed by atoms with Crippen LogP contribution < -0.4 is 10.6 Å². The lowest BCUT2D eigenvalue weighted by Gasteiger charge is -2.34. The Balaban J connectivity index is 1.57. The molecule has 10 heteroatoms. The molecule has 2 aromatic rings. The lowest BCUT2D eigenvalue weighted by atomic mass is 9.98. The van der Waals surface area contributed by atoms with Gasteiger partial charge in [0.25, 0.3) is 0 Å². The highest BCUT2D eigenvalue weighted by Gasteiger charge is 2.27. The normalized spacial score (nSPS) is 16.5. The molecule has 10 nitrogen and oxygen atoms in total. The number of nitrogens with one attached hydrogen (secondary N) is 2. The number of tetrazole rings is 1. The Morgan fingerprint density at radius 1 is 1.25 bits per heavy atom. The maximum atomic E-state index is 12.5. The van der Waals surface area contributed by atoms with Gasteiger partial charge in [0.05, 0.1) is 0 Å². The Morgan fingerprint density at radius 3 is 2.69 bits per heavy atom. The lowest BCUT2D eigenvalue weighted by Crippen LogP contribution is -2.46. The first kappa shape index (κ1) is 23.5. The highest BCUT2D eigenvalue weighted by atomic mass is 16.6. The van der Waals surface area contributed by atoms with Crippen molar-refractivity contribution in [2.24, 2.45) is 13.0 Å². The maximum Gasteiger partial charge on any atom is 0.410 e. The molecule has 0 unspecified atom stereocenters. The van der Waals surface area contributed by atoms with Crippen LogP contribution in [0.3, 0.4) is 0 Å². The Hall–Kier alpha value is -3.17. The minimum absolute atomic E-state index is 0.185. The zero-order valence-electron chi connectivity index (χ0n) is 19.5. The SMILES string of the molecule is CCc1cc(NC(=O)NC[C@@H]2CCCN(C(=O)OC(C)(C)C)C2)cc(-c2nnnn2C)c1. The molecular weight excluding hydrogens is 410 g/mol. The molecule has 0 bridgehead atoms. The number of anilines is 1. The number of amides is 3. The molecule has 1 aliphatic heterocycles. The minimum atomic E-state index is -0.519. The second-order valence-electron chi connectivity index (χ2n) is 9.17. The van der Waals surface area contributed by atoms with Gasteiger partial charge in [-0.15, -0.1) is 5.10 Å². The van der Waals surface area contributed by atoms with Gasteiger partial charge >= 0.3 is 12.1 Å². The van der Waals surface area contributed by atoms with Crippen molar-refractivity contribution in [2.45, 2.75) is 52.6 Å². The first-order valence-electron chi connectivity index (χ1n) is 11.0. The lowest BCUT2D eigenvalue weighted by molar-refractivity contribution is 0.0168. The van der Waals surface area contributed by atoms with E-state index in [9.17, 15) is 9.59 Å². The van der Waals surface area contributed by atoms with Crippen molar-refractivity contribution >= 4 is 17.8 Å². The topological polar surface area (TPSA) is 114 Å². The van der Waals surface area contributed by atoms with E-state index in [1.165, 1.54) is 0 Å². The molecule has 3 rings (SSSR count). The van der Waals surface area contributed by atoms with Crippen molar-refractivity contribution in [3.63, 3.8) is 0 Å². The van der Waals surface area contributed by atoms with Crippen molar-refractivity contribution in [3.05, 3.63) is 23.8 Å². The Labute approximate surface area is 188 Å². The molecule has 2 N–H and O–H groups in total. The summed E-state index contributed by atoms with van der Waals surface area (Å²) in [5.74, 6) is 0.817. The molecule has 0 radical (unpaired) electrons. The first-order chi connectivity index (χ1) is 15.1. The summed E-state index contributed by atoms with van der Waals surface area (Å²) in [5, 5.41) is 17.5. The van der Waals surface area contributed by atoms with Crippen LogP contribution in [0.2, 0.25) is 0 Å². The number of hydrogen-bond acceptors (Lipinski definition) is 6. The second kappa shape index (κ2) is 9.97. The molecule has 0 spiro atoms. The number of hydrogen-bond donors (Lipinski definition) is 2. The molecule has 1 aromatic carbocycles. The molecule has 1 fully saturated rings. The smallest absolute Gasteiger partial charge is 0.410 e. The molecule has 32 heavy (non-hydrogen) atoms. The molecule has 0 aliphatic carbocycles. The first-order valence-corrected chi connectivity index (χ1v) is 11.0. The van der Waals surface area contributed by atoms with Crippen molar-refractivity contribution in [2.75, 3.05) is 25.0 Å². The van der Waals surface area contributed by atoms with E-state index in [2.05, 4.69) is 33.1 Å². The number of ether oxygens (including phenoxy) is 1. The van der Waals surface area contributed by atoms with Gasteiger partial charge in [0.2, 0.25) is 0 Å². The van der Waals surface area contributed by atoms with Crippen molar-refractivity contribution in [1.29, 1.82) is 0 Å². The number of aromatic nitrogens is 4. The fraction of sp³-hybridized carbons (Fsp3) is 0.591. The molecule has 1 atom stereocenters. The molecule has 1 saturated heterocycles. The number of piperidine rings is 1. The van der Waals surface area contributed by atoms with E-state index in [0.717, 1.165) is 30.4 Å². The standard InChI is InChI=1S/C22H33N7O3/c1-6-15-10-17(19-25-26-27-28(19)5)12-18(11-15)24-20(30)23-13-16-8-7-9-29(14-16)21(31)32-22(2,3)4/h10-12,16H,6-9,13-14H2,1-5H3,(H2,23,24,30)/t16-/m0/s1. The monoisotopic (exact) mass is 443 g/mol. The highest BCUT2D eigenvalue weighted by Crippen LogP contribution is 2.23. The number of aryl methyl sites for hydroxylation is 2. The highest BCUT2D eigenvalue weighted by molar-refractivity contribution is 5.90. The summed E-state index contributed by atoms with van der Waals surface area (Å²) in [6, 6.07) is 5.53. The van der Waals surface area contributed by atoms with Crippen LogP contribution in [0, 0.1) is 5.92 Å². The van der Waals surface area contributed by atoms with Gasteiger partial charge in [0, 0.05) is 37.9 Å². The number of urea groups is 1. The van der Waals surface area contributed by atoms with Crippen LogP contribution in [0.1, 0.15) is 46.1 Å². The van der Waals surface area contributed by atoms with Crippen molar-refractivity contribution in [3.8, 4) is 11.4 Å². The number of carbonyl (C=O) groups is 2. The third kappa shape index (κ3) is 6.41. The predicted octanol–water partition coefficient (Wildman–Crippen LogP) is 3.21. The number of nitrogens with zero attached hydrogens (tertiary/aromatic N) is 5. The maximum absolute atomic E-state index is 12.5. The summed E-state index contributed by atoms with van der Waals surface area (Å²) >= 11 is 0.